The van der Waals surface area contributed by atoms with Crippen molar-refractivity contribution >= 4 is 11.6 Å². The molecule has 1 aromatic heterocycles. The van der Waals surface area contributed by atoms with Crippen LogP contribution in [0.2, 0.25) is 5.02 Å². The number of aromatic amines is 1. The van der Waals surface area contributed by atoms with E-state index in [2.05, 4.69) is 20.6 Å². The summed E-state index contributed by atoms with van der Waals surface area (Å²) in [6, 6.07) is 3.54. The molecular formula is C10H9ClN4O2. The van der Waals surface area contributed by atoms with E-state index in [4.69, 9.17) is 21.1 Å². The van der Waals surface area contributed by atoms with E-state index in [9.17, 15) is 0 Å². The zero-order chi connectivity index (χ0) is 11.7. The second kappa shape index (κ2) is 4.21. The third kappa shape index (κ3) is 1.91. The Morgan fingerprint density at radius 3 is 2.94 bits per heavy atom. The zero-order valence-electron chi connectivity index (χ0n) is 8.81. The van der Waals surface area contributed by atoms with Crippen LogP contribution in [0, 0.1) is 0 Å². The molecule has 0 saturated heterocycles. The number of hydrogen-bond donors (Lipinski definition) is 1. The van der Waals surface area contributed by atoms with Crippen LogP contribution in [0.1, 0.15) is 6.42 Å². The average Bonchev–Trinajstić information content (AvgIpc) is 2.75. The lowest BCUT2D eigenvalue weighted by Gasteiger charge is -2.09. The van der Waals surface area contributed by atoms with Crippen molar-refractivity contribution in [2.45, 2.75) is 6.42 Å². The van der Waals surface area contributed by atoms with Crippen LogP contribution in [0.25, 0.3) is 11.4 Å². The van der Waals surface area contributed by atoms with E-state index < -0.39 is 0 Å². The smallest absolute Gasteiger partial charge is 0.204 e. The van der Waals surface area contributed by atoms with Gasteiger partial charge in [0.15, 0.2) is 11.5 Å². The van der Waals surface area contributed by atoms with E-state index in [0.717, 1.165) is 12.0 Å². The van der Waals surface area contributed by atoms with Crippen LogP contribution in [0.5, 0.6) is 11.5 Å². The Morgan fingerprint density at radius 2 is 2.12 bits per heavy atom. The number of H-pyrrole nitrogens is 1. The molecule has 0 bridgehead atoms. The lowest BCUT2D eigenvalue weighted by molar-refractivity contribution is 0.297. The first-order valence-electron chi connectivity index (χ1n) is 5.17. The highest BCUT2D eigenvalue weighted by molar-refractivity contribution is 6.32. The molecule has 2 heterocycles. The van der Waals surface area contributed by atoms with Gasteiger partial charge >= 0.3 is 0 Å². The molecule has 1 N–H and O–H groups in total. The van der Waals surface area contributed by atoms with Gasteiger partial charge in [-0.1, -0.05) is 11.6 Å². The van der Waals surface area contributed by atoms with Crippen LogP contribution >= 0.6 is 11.6 Å². The summed E-state index contributed by atoms with van der Waals surface area (Å²) in [7, 11) is 0. The molecule has 0 unspecified atom stereocenters. The average molecular weight is 253 g/mol. The minimum atomic E-state index is 0.475. The first-order chi connectivity index (χ1) is 8.34. The molecule has 6 nitrogen and oxygen atoms in total. The SMILES string of the molecule is Clc1cc(-c2nn[nH]n2)cc2c1OCCCO2. The summed E-state index contributed by atoms with van der Waals surface area (Å²) < 4.78 is 11.1. The molecule has 17 heavy (non-hydrogen) atoms. The molecule has 1 aromatic carbocycles. The van der Waals surface area contributed by atoms with Gasteiger partial charge in [-0.3, -0.25) is 0 Å². The number of nitrogens with one attached hydrogen (secondary N) is 1. The maximum Gasteiger partial charge on any atom is 0.204 e. The highest BCUT2D eigenvalue weighted by Crippen LogP contribution is 2.39. The fourth-order valence-electron chi connectivity index (χ4n) is 1.64. The summed E-state index contributed by atoms with van der Waals surface area (Å²) >= 11 is 6.15. The summed E-state index contributed by atoms with van der Waals surface area (Å²) in [6.07, 6.45) is 0.836. The van der Waals surface area contributed by atoms with Crippen LogP contribution in [0.3, 0.4) is 0 Å². The Kier molecular flexibility index (Phi) is 2.56. The van der Waals surface area contributed by atoms with Crippen LogP contribution in [0.15, 0.2) is 12.1 Å². The highest BCUT2D eigenvalue weighted by Gasteiger charge is 2.17. The van der Waals surface area contributed by atoms with Crippen molar-refractivity contribution in [3.8, 4) is 22.9 Å². The predicted octanol–water partition coefficient (Wildman–Crippen LogP) is 1.68. The van der Waals surface area contributed by atoms with E-state index in [1.54, 1.807) is 12.1 Å². The number of hydrogen-bond acceptors (Lipinski definition) is 5. The molecule has 88 valence electrons. The topological polar surface area (TPSA) is 72.9 Å². The second-order valence-corrected chi connectivity index (χ2v) is 3.98. The predicted molar refractivity (Wildman–Crippen MR) is 60.2 cm³/mol. The number of halogens is 1. The van der Waals surface area contributed by atoms with Gasteiger partial charge in [0.1, 0.15) is 0 Å². The molecule has 7 heteroatoms. The van der Waals surface area contributed by atoms with E-state index in [1.165, 1.54) is 0 Å². The standard InChI is InChI=1S/C10H9ClN4O2/c11-7-4-6(10-12-14-15-13-10)5-8-9(7)17-3-1-2-16-8/h4-5H,1-3H2,(H,12,13,14,15). The molecule has 0 atom stereocenters. The molecule has 1 aliphatic rings. The van der Waals surface area contributed by atoms with E-state index in [-0.39, 0.29) is 0 Å². The summed E-state index contributed by atoms with van der Waals surface area (Å²) in [5.41, 5.74) is 0.744. The molecule has 0 aliphatic carbocycles. The van der Waals surface area contributed by atoms with Gasteiger partial charge in [-0.15, -0.1) is 10.2 Å². The molecule has 2 aromatic rings. The van der Waals surface area contributed by atoms with Gasteiger partial charge in [-0.05, 0) is 17.3 Å². The first kappa shape index (κ1) is 10.3. The van der Waals surface area contributed by atoms with E-state index >= 15 is 0 Å². The van der Waals surface area contributed by atoms with Gasteiger partial charge in [0.2, 0.25) is 5.82 Å². The van der Waals surface area contributed by atoms with Crippen LogP contribution in [-0.4, -0.2) is 33.8 Å². The Morgan fingerprint density at radius 1 is 1.24 bits per heavy atom. The molecule has 0 spiro atoms. The number of aromatic nitrogens is 4. The molecule has 0 amide bonds. The molecule has 1 aliphatic heterocycles. The van der Waals surface area contributed by atoms with Gasteiger partial charge in [0.25, 0.3) is 0 Å². The number of benzene rings is 1. The maximum atomic E-state index is 6.15. The summed E-state index contributed by atoms with van der Waals surface area (Å²) in [4.78, 5) is 0. The fourth-order valence-corrected chi connectivity index (χ4v) is 1.91. The Labute approximate surface area is 102 Å². The third-order valence-electron chi connectivity index (χ3n) is 2.41. The van der Waals surface area contributed by atoms with Crippen molar-refractivity contribution in [3.63, 3.8) is 0 Å². The number of nitrogens with zero attached hydrogens (tertiary/aromatic N) is 3. The minimum absolute atomic E-state index is 0.475. The minimum Gasteiger partial charge on any atom is -0.489 e. The first-order valence-corrected chi connectivity index (χ1v) is 5.55. The molecular weight excluding hydrogens is 244 g/mol. The van der Waals surface area contributed by atoms with Gasteiger partial charge in [0, 0.05) is 12.0 Å². The van der Waals surface area contributed by atoms with Crippen LogP contribution < -0.4 is 9.47 Å². The number of ether oxygens (including phenoxy) is 2. The number of fused-ring (bicyclic) bond motifs is 1. The molecule has 0 fully saturated rings. The van der Waals surface area contributed by atoms with Gasteiger partial charge in [-0.2, -0.15) is 5.21 Å². The van der Waals surface area contributed by atoms with Gasteiger partial charge < -0.3 is 9.47 Å². The third-order valence-corrected chi connectivity index (χ3v) is 2.69. The Hall–Kier alpha value is -1.82. The monoisotopic (exact) mass is 252 g/mol. The quantitative estimate of drug-likeness (QED) is 0.836. The summed E-state index contributed by atoms with van der Waals surface area (Å²) in [5.74, 6) is 1.67. The van der Waals surface area contributed by atoms with Crippen molar-refractivity contribution in [1.82, 2.24) is 20.6 Å². The highest BCUT2D eigenvalue weighted by atomic mass is 35.5. The Bertz CT molecular complexity index is 529. The Balaban J connectivity index is 2.09. The maximum absolute atomic E-state index is 6.15. The molecule has 0 saturated carbocycles. The van der Waals surface area contributed by atoms with E-state index in [0.29, 0.717) is 35.6 Å². The fraction of sp³-hybridized carbons (Fsp3) is 0.300. The summed E-state index contributed by atoms with van der Waals surface area (Å²) in [5, 5.41) is 14.2. The van der Waals surface area contributed by atoms with Crippen molar-refractivity contribution in [3.05, 3.63) is 17.2 Å². The van der Waals surface area contributed by atoms with Crippen LogP contribution in [-0.2, 0) is 0 Å². The second-order valence-electron chi connectivity index (χ2n) is 3.57. The van der Waals surface area contributed by atoms with Crippen molar-refractivity contribution in [2.75, 3.05) is 13.2 Å². The zero-order valence-corrected chi connectivity index (χ0v) is 9.57. The van der Waals surface area contributed by atoms with E-state index in [1.807, 2.05) is 0 Å². The molecule has 0 radical (unpaired) electrons. The summed E-state index contributed by atoms with van der Waals surface area (Å²) in [6.45, 7) is 1.22. The van der Waals surface area contributed by atoms with Crippen molar-refractivity contribution < 1.29 is 9.47 Å². The number of rotatable bonds is 1. The number of tetrazole rings is 1. The van der Waals surface area contributed by atoms with Crippen molar-refractivity contribution in [2.24, 2.45) is 0 Å². The normalized spacial score (nSPS) is 14.4. The molecule has 3 rings (SSSR count). The van der Waals surface area contributed by atoms with Crippen molar-refractivity contribution in [1.29, 1.82) is 0 Å². The van der Waals surface area contributed by atoms with Crippen LogP contribution in [0.4, 0.5) is 0 Å². The lowest BCUT2D eigenvalue weighted by atomic mass is 10.2. The van der Waals surface area contributed by atoms with Gasteiger partial charge in [-0.25, -0.2) is 0 Å². The largest absolute Gasteiger partial charge is 0.489 e. The lowest BCUT2D eigenvalue weighted by Crippen LogP contribution is -1.97. The van der Waals surface area contributed by atoms with Gasteiger partial charge in [0.05, 0.1) is 18.2 Å².